The van der Waals surface area contributed by atoms with Crippen molar-refractivity contribution in [3.05, 3.63) is 46.7 Å². The van der Waals surface area contributed by atoms with Gasteiger partial charge in [0, 0.05) is 5.39 Å². The van der Waals surface area contributed by atoms with Crippen molar-refractivity contribution in [2.24, 2.45) is 0 Å². The number of para-hydroxylation sites is 2. The van der Waals surface area contributed by atoms with E-state index in [0.717, 1.165) is 10.2 Å². The van der Waals surface area contributed by atoms with Gasteiger partial charge in [0.05, 0.1) is 7.11 Å². The van der Waals surface area contributed by atoms with Crippen molar-refractivity contribution >= 4 is 33.2 Å². The van der Waals surface area contributed by atoms with Crippen LogP contribution < -0.4 is 9.47 Å². The number of rotatable bonds is 4. The molecule has 0 radical (unpaired) electrons. The summed E-state index contributed by atoms with van der Waals surface area (Å²) in [4.78, 5) is 9.53. The van der Waals surface area contributed by atoms with Gasteiger partial charge in [-0.25, -0.2) is 9.97 Å². The predicted octanol–water partition coefficient (Wildman–Crippen LogP) is 3.93. The number of benzene rings is 1. The van der Waals surface area contributed by atoms with Crippen molar-refractivity contribution in [2.45, 2.75) is 6.61 Å². The Hall–Kier alpha value is -1.85. The maximum Gasteiger partial charge on any atom is 0.169 e. The van der Waals surface area contributed by atoms with Crippen molar-refractivity contribution in [1.82, 2.24) is 9.97 Å². The zero-order valence-electron chi connectivity index (χ0n) is 10.7. The first-order valence-electron chi connectivity index (χ1n) is 5.93. The topological polar surface area (TPSA) is 44.2 Å². The van der Waals surface area contributed by atoms with Crippen molar-refractivity contribution in [3.63, 3.8) is 0 Å². The first kappa shape index (κ1) is 13.1. The van der Waals surface area contributed by atoms with Crippen LogP contribution in [-0.4, -0.2) is 17.1 Å². The fourth-order valence-corrected chi connectivity index (χ4v) is 2.89. The van der Waals surface area contributed by atoms with E-state index in [1.54, 1.807) is 7.11 Å². The number of methoxy groups -OCH3 is 1. The first-order chi connectivity index (χ1) is 9.78. The van der Waals surface area contributed by atoms with E-state index >= 15 is 0 Å². The Labute approximate surface area is 125 Å². The molecule has 0 amide bonds. The molecule has 0 saturated carbocycles. The van der Waals surface area contributed by atoms with Gasteiger partial charge in [-0.2, -0.15) is 0 Å². The quantitative estimate of drug-likeness (QED) is 0.685. The molecule has 0 spiro atoms. The van der Waals surface area contributed by atoms with E-state index in [2.05, 4.69) is 9.97 Å². The van der Waals surface area contributed by atoms with Gasteiger partial charge in [0.2, 0.25) is 0 Å². The number of hydrogen-bond acceptors (Lipinski definition) is 5. The molecule has 2 heterocycles. The van der Waals surface area contributed by atoms with Gasteiger partial charge in [-0.3, -0.25) is 0 Å². The summed E-state index contributed by atoms with van der Waals surface area (Å²) < 4.78 is 10.9. The smallest absolute Gasteiger partial charge is 0.169 e. The van der Waals surface area contributed by atoms with E-state index in [0.29, 0.717) is 22.5 Å². The minimum absolute atomic E-state index is 0.244. The second kappa shape index (κ2) is 5.64. The van der Waals surface area contributed by atoms with Gasteiger partial charge < -0.3 is 9.47 Å². The molecule has 6 heteroatoms. The summed E-state index contributed by atoms with van der Waals surface area (Å²) in [6, 6.07) is 9.36. The zero-order valence-corrected chi connectivity index (χ0v) is 12.2. The van der Waals surface area contributed by atoms with E-state index in [4.69, 9.17) is 21.1 Å². The Morgan fingerprint density at radius 2 is 1.95 bits per heavy atom. The maximum absolute atomic E-state index is 6.12. The molecule has 102 valence electrons. The Bertz CT molecular complexity index is 745. The molecule has 1 aromatic carbocycles. The molecule has 0 aliphatic carbocycles. The molecule has 0 saturated heterocycles. The molecule has 2 aromatic heterocycles. The fraction of sp³-hybridized carbons (Fsp3) is 0.143. The number of hydrogen-bond donors (Lipinski definition) is 0. The van der Waals surface area contributed by atoms with Crippen LogP contribution in [0, 0.1) is 0 Å². The van der Waals surface area contributed by atoms with E-state index in [9.17, 15) is 0 Å². The van der Waals surface area contributed by atoms with Crippen LogP contribution in [-0.2, 0) is 6.61 Å². The van der Waals surface area contributed by atoms with Gasteiger partial charge in [0.15, 0.2) is 17.3 Å². The highest BCUT2D eigenvalue weighted by Crippen LogP contribution is 2.28. The lowest BCUT2D eigenvalue weighted by atomic mass is 10.3. The highest BCUT2D eigenvalue weighted by atomic mass is 35.5. The third-order valence-electron chi connectivity index (χ3n) is 2.75. The van der Waals surface area contributed by atoms with Crippen LogP contribution in [0.4, 0.5) is 0 Å². The second-order valence-electron chi connectivity index (χ2n) is 4.01. The van der Waals surface area contributed by atoms with E-state index in [-0.39, 0.29) is 6.61 Å². The van der Waals surface area contributed by atoms with E-state index in [1.807, 2.05) is 35.7 Å². The summed E-state index contributed by atoms with van der Waals surface area (Å²) in [5.74, 6) is 1.88. The molecule has 0 atom stereocenters. The van der Waals surface area contributed by atoms with Gasteiger partial charge in [-0.05, 0) is 23.6 Å². The van der Waals surface area contributed by atoms with Crippen LogP contribution in [0.5, 0.6) is 11.5 Å². The minimum atomic E-state index is 0.244. The summed E-state index contributed by atoms with van der Waals surface area (Å²) in [6.45, 7) is 0.244. The van der Waals surface area contributed by atoms with Crippen LogP contribution in [0.3, 0.4) is 0 Å². The van der Waals surface area contributed by atoms with E-state index < -0.39 is 0 Å². The summed E-state index contributed by atoms with van der Waals surface area (Å²) in [7, 11) is 1.60. The molecule has 3 aromatic rings. The molecule has 20 heavy (non-hydrogen) atoms. The van der Waals surface area contributed by atoms with Gasteiger partial charge in [-0.1, -0.05) is 23.7 Å². The summed E-state index contributed by atoms with van der Waals surface area (Å²) in [6.07, 6.45) is 0. The first-order valence-corrected chi connectivity index (χ1v) is 7.19. The van der Waals surface area contributed by atoms with Crippen molar-refractivity contribution < 1.29 is 9.47 Å². The van der Waals surface area contributed by atoms with Crippen LogP contribution in [0.15, 0.2) is 35.7 Å². The number of aromatic nitrogens is 2. The van der Waals surface area contributed by atoms with Gasteiger partial charge >= 0.3 is 0 Å². The van der Waals surface area contributed by atoms with E-state index in [1.165, 1.54) is 11.3 Å². The molecule has 3 rings (SSSR count). The lowest BCUT2D eigenvalue weighted by Gasteiger charge is -2.09. The molecule has 0 N–H and O–H groups in total. The monoisotopic (exact) mass is 306 g/mol. The molecule has 0 bridgehead atoms. The number of fused-ring (bicyclic) bond motifs is 1. The van der Waals surface area contributed by atoms with Crippen molar-refractivity contribution in [2.75, 3.05) is 7.11 Å². The highest BCUT2D eigenvalue weighted by molar-refractivity contribution is 7.16. The zero-order chi connectivity index (χ0) is 13.9. The highest BCUT2D eigenvalue weighted by Gasteiger charge is 2.09. The molecular formula is C14H11ClN2O2S. The molecule has 0 fully saturated rings. The average Bonchev–Trinajstić information content (AvgIpc) is 2.94. The van der Waals surface area contributed by atoms with Gasteiger partial charge in [0.1, 0.15) is 16.6 Å². The third-order valence-corrected chi connectivity index (χ3v) is 3.85. The standard InChI is InChI=1S/C14H11ClN2O2S/c1-18-10-4-2-3-5-11(10)19-8-12-16-13(15)9-6-7-20-14(9)17-12/h2-7H,8H2,1H3. The second-order valence-corrected chi connectivity index (χ2v) is 5.26. The summed E-state index contributed by atoms with van der Waals surface area (Å²) in [5.41, 5.74) is 0. The SMILES string of the molecule is COc1ccccc1OCc1nc(Cl)c2ccsc2n1. The molecular weight excluding hydrogens is 296 g/mol. The third kappa shape index (κ3) is 2.55. The van der Waals surface area contributed by atoms with Gasteiger partial charge in [0.25, 0.3) is 0 Å². The molecule has 0 aliphatic heterocycles. The largest absolute Gasteiger partial charge is 0.493 e. The van der Waals surface area contributed by atoms with Crippen LogP contribution >= 0.6 is 22.9 Å². The van der Waals surface area contributed by atoms with Crippen LogP contribution in [0.25, 0.3) is 10.2 Å². The summed E-state index contributed by atoms with van der Waals surface area (Å²) >= 11 is 7.65. The lowest BCUT2D eigenvalue weighted by Crippen LogP contribution is -2.02. The maximum atomic E-state index is 6.12. The van der Waals surface area contributed by atoms with Crippen LogP contribution in [0.1, 0.15) is 5.82 Å². The normalized spacial score (nSPS) is 10.7. The van der Waals surface area contributed by atoms with Gasteiger partial charge in [-0.15, -0.1) is 11.3 Å². The lowest BCUT2D eigenvalue weighted by molar-refractivity contribution is 0.277. The molecule has 4 nitrogen and oxygen atoms in total. The van der Waals surface area contributed by atoms with Crippen LogP contribution in [0.2, 0.25) is 5.15 Å². The Morgan fingerprint density at radius 1 is 1.15 bits per heavy atom. The molecule has 0 aliphatic rings. The Morgan fingerprint density at radius 3 is 2.75 bits per heavy atom. The average molecular weight is 307 g/mol. The number of thiophene rings is 1. The Balaban J connectivity index is 1.83. The number of halogens is 1. The van der Waals surface area contributed by atoms with Crippen molar-refractivity contribution in [3.8, 4) is 11.5 Å². The number of nitrogens with zero attached hydrogens (tertiary/aromatic N) is 2. The fourth-order valence-electron chi connectivity index (χ4n) is 1.81. The predicted molar refractivity (Wildman–Crippen MR) is 79.8 cm³/mol. The summed E-state index contributed by atoms with van der Waals surface area (Å²) in [5, 5.41) is 3.27. The number of ether oxygens (including phenoxy) is 2. The van der Waals surface area contributed by atoms with Crippen molar-refractivity contribution in [1.29, 1.82) is 0 Å². The Kier molecular flexibility index (Phi) is 3.71. The minimum Gasteiger partial charge on any atom is -0.493 e. The molecule has 0 unspecified atom stereocenters.